The van der Waals surface area contributed by atoms with E-state index in [1.165, 1.54) is 6.07 Å². The SMILES string of the molecule is NS(=O)(=O)c1cc(Br)ccc1OC[C@@H]1CCCO1. The summed E-state index contributed by atoms with van der Waals surface area (Å²) in [5.74, 6) is 0.260. The lowest BCUT2D eigenvalue weighted by Crippen LogP contribution is -2.19. The van der Waals surface area contributed by atoms with Gasteiger partial charge < -0.3 is 9.47 Å². The van der Waals surface area contributed by atoms with Gasteiger partial charge in [-0.25, -0.2) is 13.6 Å². The summed E-state index contributed by atoms with van der Waals surface area (Å²) in [4.78, 5) is -0.0186. The minimum Gasteiger partial charge on any atom is -0.489 e. The maximum Gasteiger partial charge on any atom is 0.241 e. The summed E-state index contributed by atoms with van der Waals surface area (Å²) in [7, 11) is -3.80. The molecular formula is C11H14BrNO4S. The van der Waals surface area contributed by atoms with Gasteiger partial charge in [0.2, 0.25) is 10.0 Å². The van der Waals surface area contributed by atoms with Crippen LogP contribution in [0.1, 0.15) is 12.8 Å². The number of benzene rings is 1. The van der Waals surface area contributed by atoms with Gasteiger partial charge in [-0.1, -0.05) is 15.9 Å². The Morgan fingerprint density at radius 3 is 2.89 bits per heavy atom. The zero-order chi connectivity index (χ0) is 13.2. The highest BCUT2D eigenvalue weighted by Crippen LogP contribution is 2.27. The van der Waals surface area contributed by atoms with E-state index in [4.69, 9.17) is 14.6 Å². The summed E-state index contributed by atoms with van der Waals surface area (Å²) in [5.41, 5.74) is 0. The van der Waals surface area contributed by atoms with Crippen molar-refractivity contribution in [2.45, 2.75) is 23.8 Å². The van der Waals surface area contributed by atoms with E-state index in [9.17, 15) is 8.42 Å². The van der Waals surface area contributed by atoms with E-state index in [1.807, 2.05) is 0 Å². The predicted octanol–water partition coefficient (Wildman–Crippen LogP) is 1.65. The molecule has 5 nitrogen and oxygen atoms in total. The molecule has 1 atom stereocenters. The van der Waals surface area contributed by atoms with Crippen molar-refractivity contribution in [2.24, 2.45) is 5.14 Å². The van der Waals surface area contributed by atoms with E-state index in [-0.39, 0.29) is 16.7 Å². The molecule has 0 radical (unpaired) electrons. The first-order chi connectivity index (χ1) is 8.47. The van der Waals surface area contributed by atoms with Crippen LogP contribution >= 0.6 is 15.9 Å². The Labute approximate surface area is 114 Å². The normalized spacial score (nSPS) is 20.0. The Morgan fingerprint density at radius 1 is 1.50 bits per heavy atom. The maximum atomic E-state index is 11.4. The Balaban J connectivity index is 2.16. The first kappa shape index (κ1) is 13.8. The lowest BCUT2D eigenvalue weighted by molar-refractivity contribution is 0.0669. The van der Waals surface area contributed by atoms with Gasteiger partial charge in [-0.3, -0.25) is 0 Å². The molecule has 0 aromatic heterocycles. The average molecular weight is 336 g/mol. The van der Waals surface area contributed by atoms with Crippen LogP contribution in [0.15, 0.2) is 27.6 Å². The van der Waals surface area contributed by atoms with Crippen molar-refractivity contribution in [2.75, 3.05) is 13.2 Å². The molecule has 1 aromatic carbocycles. The highest BCUT2D eigenvalue weighted by Gasteiger charge is 2.19. The van der Waals surface area contributed by atoms with Gasteiger partial charge in [-0.15, -0.1) is 0 Å². The van der Waals surface area contributed by atoms with Gasteiger partial charge in [0.15, 0.2) is 0 Å². The zero-order valence-electron chi connectivity index (χ0n) is 9.63. The highest BCUT2D eigenvalue weighted by atomic mass is 79.9. The fraction of sp³-hybridized carbons (Fsp3) is 0.455. The highest BCUT2D eigenvalue weighted by molar-refractivity contribution is 9.10. The van der Waals surface area contributed by atoms with E-state index >= 15 is 0 Å². The molecule has 1 aromatic rings. The van der Waals surface area contributed by atoms with E-state index in [0.717, 1.165) is 19.4 Å². The number of nitrogens with two attached hydrogens (primary N) is 1. The van der Waals surface area contributed by atoms with Crippen molar-refractivity contribution >= 4 is 26.0 Å². The molecule has 1 heterocycles. The summed E-state index contributed by atoms with van der Waals surface area (Å²) in [5, 5.41) is 5.15. The molecule has 1 aliphatic rings. The monoisotopic (exact) mass is 335 g/mol. The Hall–Kier alpha value is -0.630. The second kappa shape index (κ2) is 5.56. The topological polar surface area (TPSA) is 78.6 Å². The number of rotatable bonds is 4. The predicted molar refractivity (Wildman–Crippen MR) is 70.0 cm³/mol. The number of sulfonamides is 1. The summed E-state index contributed by atoms with van der Waals surface area (Å²) < 4.78 is 34.4. The maximum absolute atomic E-state index is 11.4. The summed E-state index contributed by atoms with van der Waals surface area (Å²) in [6.07, 6.45) is 1.97. The van der Waals surface area contributed by atoms with Crippen molar-refractivity contribution in [1.82, 2.24) is 0 Å². The molecule has 0 bridgehead atoms. The van der Waals surface area contributed by atoms with Crippen molar-refractivity contribution < 1.29 is 17.9 Å². The molecule has 1 saturated heterocycles. The molecule has 1 aliphatic heterocycles. The molecule has 0 aliphatic carbocycles. The molecule has 100 valence electrons. The second-order valence-electron chi connectivity index (χ2n) is 4.08. The first-order valence-electron chi connectivity index (χ1n) is 5.53. The van der Waals surface area contributed by atoms with Crippen molar-refractivity contribution in [1.29, 1.82) is 0 Å². The molecule has 1 fully saturated rings. The van der Waals surface area contributed by atoms with Gasteiger partial charge in [-0.2, -0.15) is 0 Å². The van der Waals surface area contributed by atoms with E-state index < -0.39 is 10.0 Å². The van der Waals surface area contributed by atoms with Crippen LogP contribution in [-0.2, 0) is 14.8 Å². The van der Waals surface area contributed by atoms with Crippen LogP contribution in [0.2, 0.25) is 0 Å². The van der Waals surface area contributed by atoms with Crippen LogP contribution in [0.5, 0.6) is 5.75 Å². The summed E-state index contributed by atoms with van der Waals surface area (Å²) >= 11 is 3.21. The van der Waals surface area contributed by atoms with Crippen LogP contribution < -0.4 is 9.88 Å². The summed E-state index contributed by atoms with van der Waals surface area (Å²) in [6.45, 7) is 1.07. The molecule has 18 heavy (non-hydrogen) atoms. The molecule has 0 saturated carbocycles. The average Bonchev–Trinajstić information content (AvgIpc) is 2.79. The van der Waals surface area contributed by atoms with Gasteiger partial charge in [0.05, 0.1) is 6.10 Å². The van der Waals surface area contributed by atoms with Crippen LogP contribution in [0.25, 0.3) is 0 Å². The number of halogens is 1. The van der Waals surface area contributed by atoms with Crippen LogP contribution in [0.4, 0.5) is 0 Å². The van der Waals surface area contributed by atoms with Gasteiger partial charge in [0.25, 0.3) is 0 Å². The quantitative estimate of drug-likeness (QED) is 0.907. The third kappa shape index (κ3) is 3.44. The largest absolute Gasteiger partial charge is 0.489 e. The lowest BCUT2D eigenvalue weighted by Gasteiger charge is -2.14. The standard InChI is InChI=1S/C11H14BrNO4S/c12-8-3-4-10(11(6-8)18(13,14)15)17-7-9-2-1-5-16-9/h3-4,6,9H,1-2,5,7H2,(H2,13,14,15)/t9-/m0/s1. The lowest BCUT2D eigenvalue weighted by atomic mass is 10.2. The number of ether oxygens (including phenoxy) is 2. The van der Waals surface area contributed by atoms with Crippen LogP contribution in [-0.4, -0.2) is 27.7 Å². The fourth-order valence-corrected chi connectivity index (χ4v) is 2.99. The fourth-order valence-electron chi connectivity index (χ4n) is 1.78. The smallest absolute Gasteiger partial charge is 0.241 e. The Bertz CT molecular complexity index is 526. The molecule has 0 unspecified atom stereocenters. The van der Waals surface area contributed by atoms with Crippen LogP contribution in [0, 0.1) is 0 Å². The molecule has 7 heteroatoms. The van der Waals surface area contributed by atoms with E-state index in [0.29, 0.717) is 11.1 Å². The first-order valence-corrected chi connectivity index (χ1v) is 7.87. The molecular weight excluding hydrogens is 322 g/mol. The molecule has 0 amide bonds. The van der Waals surface area contributed by atoms with Crippen molar-refractivity contribution in [3.8, 4) is 5.75 Å². The van der Waals surface area contributed by atoms with E-state index in [2.05, 4.69) is 15.9 Å². The van der Waals surface area contributed by atoms with Gasteiger partial charge in [0.1, 0.15) is 17.3 Å². The zero-order valence-corrected chi connectivity index (χ0v) is 12.0. The van der Waals surface area contributed by atoms with Crippen LogP contribution in [0.3, 0.4) is 0 Å². The van der Waals surface area contributed by atoms with Gasteiger partial charge in [0, 0.05) is 11.1 Å². The van der Waals surface area contributed by atoms with Gasteiger partial charge in [-0.05, 0) is 31.0 Å². The minimum absolute atomic E-state index is 0.0186. The van der Waals surface area contributed by atoms with Crippen molar-refractivity contribution in [3.63, 3.8) is 0 Å². The number of hydrogen-bond donors (Lipinski definition) is 1. The summed E-state index contributed by atoms with van der Waals surface area (Å²) in [6, 6.07) is 4.72. The Morgan fingerprint density at radius 2 is 2.28 bits per heavy atom. The second-order valence-corrected chi connectivity index (χ2v) is 6.53. The number of primary sulfonamides is 1. The third-order valence-electron chi connectivity index (χ3n) is 2.66. The third-order valence-corrected chi connectivity index (χ3v) is 4.09. The van der Waals surface area contributed by atoms with Crippen molar-refractivity contribution in [3.05, 3.63) is 22.7 Å². The molecule has 2 rings (SSSR count). The number of hydrogen-bond acceptors (Lipinski definition) is 4. The molecule has 2 N–H and O–H groups in total. The molecule has 0 spiro atoms. The van der Waals surface area contributed by atoms with Gasteiger partial charge >= 0.3 is 0 Å². The Kier molecular flexibility index (Phi) is 4.26. The minimum atomic E-state index is -3.80. The van der Waals surface area contributed by atoms with E-state index in [1.54, 1.807) is 12.1 Å².